The molecule has 5 heterocycles. The lowest BCUT2D eigenvalue weighted by molar-refractivity contribution is -0.433. The van der Waals surface area contributed by atoms with Gasteiger partial charge in [-0.1, -0.05) is 52.3 Å². The first kappa shape index (κ1) is 69.8. The molecule has 0 radical (unpaired) electrons. The minimum atomic E-state index is -2.15. The largest absolute Gasteiger partial charge is 0.504 e. The van der Waals surface area contributed by atoms with E-state index in [0.29, 0.717) is 27.8 Å². The monoisotopic (exact) mass is 1320 g/mol. The minimum absolute atomic E-state index is 0.0109. The topological polar surface area (TPSA) is 429 Å². The average Bonchev–Trinajstić information content (AvgIpc) is 1.65. The normalized spacial score (nSPS) is 24.7. The van der Waals surface area contributed by atoms with Gasteiger partial charge in [0, 0.05) is 75.2 Å². The Hall–Kier alpha value is -8.11. The zero-order valence-electron chi connectivity index (χ0n) is 50.1. The van der Waals surface area contributed by atoms with Crippen molar-refractivity contribution in [1.82, 2.24) is 51.0 Å². The number of aliphatic hydroxyl groups excluding tert-OH is 6. The van der Waals surface area contributed by atoms with Gasteiger partial charge in [-0.3, -0.25) is 33.6 Å². The summed E-state index contributed by atoms with van der Waals surface area (Å²) in [5.41, 5.74) is 2.09. The van der Waals surface area contributed by atoms with Gasteiger partial charge in [0.05, 0.1) is 49.0 Å². The van der Waals surface area contributed by atoms with Gasteiger partial charge in [0.25, 0.3) is 18.2 Å². The second-order valence-corrected chi connectivity index (χ2v) is 23.9. The first-order valence-electron chi connectivity index (χ1n) is 29.4. The number of aromatic hydroxyl groups is 1. The quantitative estimate of drug-likeness (QED) is 0.0138. The molecule has 0 aliphatic carbocycles. The fraction of sp³-hybridized carbons (Fsp3) is 0.492. The fourth-order valence-corrected chi connectivity index (χ4v) is 12.0. The van der Waals surface area contributed by atoms with E-state index in [2.05, 4.69) is 40.8 Å². The van der Waals surface area contributed by atoms with Crippen molar-refractivity contribution in [3.8, 4) is 39.1 Å². The van der Waals surface area contributed by atoms with Crippen molar-refractivity contribution >= 4 is 70.0 Å². The average molecular weight is 1320 g/mol. The number of rotatable bonds is 22. The number of unbranched alkanes of at least 4 members (excludes halogenated alkanes) is 3. The SMILES string of the molecule is [C-]#[N+]C[C@@H](O)[C@@H]1NC(=O)[C@H]([C@H](O)Cc2ccc(O)c(OSOOO)c2)NC(=O)[C@@H]2C[C@H](O)CN2C(=O)[C@H]([C@H](C)O)NC(=O)[C@@H](NC(=O)c2ccc(-c3cn4nc(-c5ccc(OCCCCCCOC)cc5)sc4n3)cc2)C[C@H](O)CNC(=O)[C@@H]2[C@@H](O)[C@H](C)CN2C1=O. The van der Waals surface area contributed by atoms with Crippen molar-refractivity contribution in [3.05, 3.63) is 95.5 Å². The number of aromatic nitrogens is 3. The Balaban J connectivity index is 1.04. The molecule has 7 amide bonds. The highest BCUT2D eigenvalue weighted by Gasteiger charge is 2.50. The Labute approximate surface area is 535 Å². The molecule has 3 fully saturated rings. The summed E-state index contributed by atoms with van der Waals surface area (Å²) in [4.78, 5) is 111. The number of nitrogens with one attached hydrogen (secondary N) is 5. The van der Waals surface area contributed by atoms with Crippen LogP contribution in [0, 0.1) is 12.5 Å². The molecule has 0 saturated carbocycles. The molecule has 5 aromatic rings. The molecule has 0 unspecified atom stereocenters. The van der Waals surface area contributed by atoms with Gasteiger partial charge in [0.15, 0.2) is 17.6 Å². The molecule has 31 nitrogen and oxygen atoms in total. The van der Waals surface area contributed by atoms with Gasteiger partial charge in [0.1, 0.15) is 47.0 Å². The highest BCUT2D eigenvalue weighted by molar-refractivity contribution is 7.90. The number of ether oxygens (including phenoxy) is 2. The molecular formula is C59H73N11O20S2. The van der Waals surface area contributed by atoms with Crippen LogP contribution in [0.2, 0.25) is 0 Å². The lowest BCUT2D eigenvalue weighted by Gasteiger charge is -2.33. The van der Waals surface area contributed by atoms with E-state index in [-0.39, 0.29) is 35.7 Å². The van der Waals surface area contributed by atoms with Gasteiger partial charge in [-0.05, 0) is 80.3 Å². The standard InChI is InChI=1S/C59H73N11O20S2/c1-30-27-69-49(50(30)77)55(82)61-25-36(72)23-39(62-51(78)34-12-10-33(11-13-34)40-29-70-59(63-40)91-56(67-70)35-14-16-38(17-15-35)87-20-8-6-5-7-19-86-4)52(79)64-46(31(2)71)57(83)68-28-37(73)24-41(68)53(80)65-47(54(81)66-48(58(69)84)44(76)26-60-3)43(75)21-32-9-18-42(74)45(22-32)88-92-90-89-85/h9-18,22,29-31,36-37,39,41,43-44,46-50,71-77,85H,5-8,19-21,23-28H2,1-2,4H3,(H,61,82)(H,62,78)(H,64,79)(H,65,80)(H,66,81)/t30-,31+,36+,37+,39+,41+,43-,44-,46+,47+,48+,49+,50+/m1/s1. The Morgan fingerprint density at radius 3 is 2.18 bits per heavy atom. The fourth-order valence-electron chi connectivity index (χ4n) is 10.9. The van der Waals surface area contributed by atoms with E-state index >= 15 is 0 Å². The zero-order chi connectivity index (χ0) is 66.3. The number of hydrogen-bond acceptors (Lipinski definition) is 24. The number of aliphatic hydroxyl groups is 6. The number of methoxy groups -OCH3 is 1. The van der Waals surface area contributed by atoms with Crippen molar-refractivity contribution in [2.24, 2.45) is 5.92 Å². The van der Waals surface area contributed by atoms with E-state index in [4.69, 9.17) is 35.6 Å². The summed E-state index contributed by atoms with van der Waals surface area (Å²) in [6.07, 6.45) is -6.55. The van der Waals surface area contributed by atoms with Crippen LogP contribution in [0.25, 0.3) is 31.6 Å². The van der Waals surface area contributed by atoms with Gasteiger partial charge in [-0.25, -0.2) is 21.3 Å². The van der Waals surface area contributed by atoms with Crippen molar-refractivity contribution in [1.29, 1.82) is 0 Å². The number of fused-ring (bicyclic) bond motifs is 3. The number of carbonyl (C=O) groups is 7. The molecule has 0 spiro atoms. The first-order valence-corrected chi connectivity index (χ1v) is 30.9. The second-order valence-electron chi connectivity index (χ2n) is 22.6. The van der Waals surface area contributed by atoms with E-state index in [9.17, 15) is 69.3 Å². The Morgan fingerprint density at radius 1 is 0.815 bits per heavy atom. The van der Waals surface area contributed by atoms with Crippen LogP contribution in [0.15, 0.2) is 72.9 Å². The highest BCUT2D eigenvalue weighted by atomic mass is 32.2. The van der Waals surface area contributed by atoms with E-state index in [1.54, 1.807) is 30.0 Å². The highest BCUT2D eigenvalue weighted by Crippen LogP contribution is 2.33. The number of hydrogen-bond donors (Lipinski definition) is 13. The molecule has 13 atom stereocenters. The summed E-state index contributed by atoms with van der Waals surface area (Å²) in [6, 6.07) is 5.80. The molecule has 496 valence electrons. The maximum absolute atomic E-state index is 14.6. The van der Waals surface area contributed by atoms with E-state index in [1.807, 2.05) is 24.3 Å². The predicted octanol–water partition coefficient (Wildman–Crippen LogP) is -0.353. The van der Waals surface area contributed by atoms with Crippen molar-refractivity contribution in [2.45, 2.75) is 132 Å². The third-order valence-electron chi connectivity index (χ3n) is 15.8. The number of phenolic OH excluding ortho intramolecular Hbond substituents is 1. The third kappa shape index (κ3) is 17.5. The van der Waals surface area contributed by atoms with Crippen LogP contribution in [0.3, 0.4) is 0 Å². The Morgan fingerprint density at radius 2 is 1.50 bits per heavy atom. The minimum Gasteiger partial charge on any atom is -0.504 e. The number of β-amino-alcohol motifs (C(OH)–C–C–N with tert-alkyl or cyclic N) is 1. The number of nitrogens with zero attached hydrogens (tertiary/aromatic N) is 6. The number of benzene rings is 3. The summed E-state index contributed by atoms with van der Waals surface area (Å²) in [7, 11) is 1.69. The second kappa shape index (κ2) is 32.4. The van der Waals surface area contributed by atoms with Crippen LogP contribution < -0.4 is 35.5 Å². The molecule has 8 rings (SSSR count). The van der Waals surface area contributed by atoms with E-state index < -0.39 is 165 Å². The molecule has 3 saturated heterocycles. The maximum Gasteiger partial charge on any atom is 0.261 e. The van der Waals surface area contributed by atoms with Crippen LogP contribution in [0.4, 0.5) is 0 Å². The molecular weight excluding hydrogens is 1250 g/mol. The molecule has 33 heteroatoms. The molecule has 3 aromatic carbocycles. The van der Waals surface area contributed by atoms with Crippen LogP contribution in [0.1, 0.15) is 68.3 Å². The van der Waals surface area contributed by atoms with Crippen LogP contribution in [-0.4, -0.2) is 226 Å². The number of phenols is 1. The molecule has 3 aliphatic heterocycles. The molecule has 92 heavy (non-hydrogen) atoms. The molecule has 3 aliphatic rings. The van der Waals surface area contributed by atoms with E-state index in [1.165, 1.54) is 36.5 Å². The number of carbonyl (C=O) groups excluding carboxylic acids is 7. The Bertz CT molecular complexity index is 3390. The smallest absolute Gasteiger partial charge is 0.261 e. The van der Waals surface area contributed by atoms with Gasteiger partial charge >= 0.3 is 0 Å². The summed E-state index contributed by atoms with van der Waals surface area (Å²) >= 11 is 1.42. The zero-order valence-corrected chi connectivity index (χ0v) is 51.7. The van der Waals surface area contributed by atoms with Gasteiger partial charge in [-0.15, -0.1) is 0 Å². The van der Waals surface area contributed by atoms with E-state index in [0.717, 1.165) is 72.5 Å². The van der Waals surface area contributed by atoms with Crippen LogP contribution in [-0.2, 0) is 49.3 Å². The summed E-state index contributed by atoms with van der Waals surface area (Å²) in [5, 5.41) is 108. The predicted molar refractivity (Wildman–Crippen MR) is 325 cm³/mol. The lowest BCUT2D eigenvalue weighted by atomic mass is 9.99. The number of imidazole rings is 1. The summed E-state index contributed by atoms with van der Waals surface area (Å²) in [5.74, 6) is -8.92. The number of amides is 7. The third-order valence-corrected chi connectivity index (χ3v) is 17.1. The van der Waals surface area contributed by atoms with Crippen molar-refractivity contribution in [3.63, 3.8) is 0 Å². The summed E-state index contributed by atoms with van der Waals surface area (Å²) in [6.45, 7) is 8.96. The summed E-state index contributed by atoms with van der Waals surface area (Å²) < 4.78 is 22.0. The van der Waals surface area contributed by atoms with Gasteiger partial charge < -0.3 is 90.6 Å². The lowest BCUT2D eigenvalue weighted by Crippen LogP contribution is -2.64. The maximum atomic E-state index is 14.6. The van der Waals surface area contributed by atoms with Crippen LogP contribution in [0.5, 0.6) is 17.2 Å². The molecule has 0 bridgehead atoms. The van der Waals surface area contributed by atoms with Gasteiger partial charge in [-0.2, -0.15) is 5.10 Å². The first-order chi connectivity index (χ1) is 44.1. The van der Waals surface area contributed by atoms with Gasteiger partial charge in [0.2, 0.25) is 46.9 Å². The Kier molecular flexibility index (Phi) is 24.6. The van der Waals surface area contributed by atoms with Crippen molar-refractivity contribution in [2.75, 3.05) is 46.5 Å². The van der Waals surface area contributed by atoms with Crippen LogP contribution >= 0.6 is 23.7 Å². The van der Waals surface area contributed by atoms with Crippen molar-refractivity contribution < 1.29 is 97.6 Å². The molecule has 2 aromatic heterocycles. The molecule has 13 N–H and O–H groups in total.